The third-order valence-corrected chi connectivity index (χ3v) is 2.73. The maximum Gasteiger partial charge on any atom is 0.183 e. The van der Waals surface area contributed by atoms with E-state index in [-0.39, 0.29) is 13.2 Å². The number of ether oxygens (including phenoxy) is 2. The Labute approximate surface area is 99.2 Å². The molecule has 2 rings (SSSR count). The van der Waals surface area contributed by atoms with E-state index in [1.165, 1.54) is 0 Å². The lowest BCUT2D eigenvalue weighted by atomic mass is 10.1. The molecular formula is C12H16O5. The van der Waals surface area contributed by atoms with E-state index in [9.17, 15) is 15.3 Å². The van der Waals surface area contributed by atoms with Gasteiger partial charge in [0.1, 0.15) is 18.3 Å². The SMILES string of the molecule is O[C@@H]1[C@@H](OCc2ccccc2)[C@@H](O)CO[C@H]1O. The first-order chi connectivity index (χ1) is 8.18. The van der Waals surface area contributed by atoms with Crippen LogP contribution >= 0.6 is 0 Å². The number of benzene rings is 1. The molecule has 4 atom stereocenters. The Hall–Kier alpha value is -0.980. The summed E-state index contributed by atoms with van der Waals surface area (Å²) in [6.45, 7) is 0.226. The van der Waals surface area contributed by atoms with E-state index in [0.717, 1.165) is 5.56 Å². The van der Waals surface area contributed by atoms with Gasteiger partial charge in [0, 0.05) is 0 Å². The molecule has 0 amide bonds. The summed E-state index contributed by atoms with van der Waals surface area (Å²) < 4.78 is 10.2. The molecule has 0 radical (unpaired) electrons. The topological polar surface area (TPSA) is 79.2 Å². The molecule has 5 nitrogen and oxygen atoms in total. The van der Waals surface area contributed by atoms with Gasteiger partial charge < -0.3 is 24.8 Å². The molecule has 0 aromatic heterocycles. The summed E-state index contributed by atoms with van der Waals surface area (Å²) in [5.41, 5.74) is 0.938. The van der Waals surface area contributed by atoms with Crippen molar-refractivity contribution in [2.45, 2.75) is 31.2 Å². The second kappa shape index (κ2) is 5.57. The monoisotopic (exact) mass is 240 g/mol. The van der Waals surface area contributed by atoms with Gasteiger partial charge >= 0.3 is 0 Å². The number of aliphatic hydroxyl groups is 3. The van der Waals surface area contributed by atoms with Crippen molar-refractivity contribution in [2.24, 2.45) is 0 Å². The minimum Gasteiger partial charge on any atom is -0.388 e. The Bertz CT molecular complexity index is 342. The van der Waals surface area contributed by atoms with Crippen LogP contribution in [0.2, 0.25) is 0 Å². The lowest BCUT2D eigenvalue weighted by Crippen LogP contribution is -2.53. The molecule has 1 heterocycles. The number of rotatable bonds is 3. The summed E-state index contributed by atoms with van der Waals surface area (Å²) in [6, 6.07) is 9.42. The average molecular weight is 240 g/mol. The predicted octanol–water partition coefficient (Wildman–Crippen LogP) is -0.358. The fourth-order valence-electron chi connectivity index (χ4n) is 1.76. The minimum atomic E-state index is -1.31. The van der Waals surface area contributed by atoms with E-state index in [4.69, 9.17) is 9.47 Å². The molecule has 1 fully saturated rings. The minimum absolute atomic E-state index is 0.0440. The van der Waals surface area contributed by atoms with Crippen molar-refractivity contribution in [1.82, 2.24) is 0 Å². The third-order valence-electron chi connectivity index (χ3n) is 2.73. The first kappa shape index (κ1) is 12.5. The van der Waals surface area contributed by atoms with Crippen molar-refractivity contribution in [3.05, 3.63) is 35.9 Å². The van der Waals surface area contributed by atoms with Crippen LogP contribution in [0, 0.1) is 0 Å². The summed E-state index contributed by atoms with van der Waals surface area (Å²) in [5.74, 6) is 0. The normalized spacial score (nSPS) is 33.6. The van der Waals surface area contributed by atoms with Gasteiger partial charge in [0.15, 0.2) is 6.29 Å². The van der Waals surface area contributed by atoms with Crippen molar-refractivity contribution in [3.63, 3.8) is 0 Å². The Morgan fingerprint density at radius 2 is 1.88 bits per heavy atom. The zero-order chi connectivity index (χ0) is 12.3. The highest BCUT2D eigenvalue weighted by Gasteiger charge is 2.38. The zero-order valence-electron chi connectivity index (χ0n) is 9.27. The fraction of sp³-hybridized carbons (Fsp3) is 0.500. The lowest BCUT2D eigenvalue weighted by molar-refractivity contribution is -0.264. The molecule has 1 saturated heterocycles. The first-order valence-corrected chi connectivity index (χ1v) is 5.50. The van der Waals surface area contributed by atoms with Gasteiger partial charge in [-0.1, -0.05) is 30.3 Å². The van der Waals surface area contributed by atoms with Crippen molar-refractivity contribution >= 4 is 0 Å². The van der Waals surface area contributed by atoms with Gasteiger partial charge in [0.25, 0.3) is 0 Å². The van der Waals surface area contributed by atoms with Crippen LogP contribution in [0.1, 0.15) is 5.56 Å². The second-order valence-corrected chi connectivity index (χ2v) is 4.04. The van der Waals surface area contributed by atoms with Crippen LogP contribution in [-0.2, 0) is 16.1 Å². The fourth-order valence-corrected chi connectivity index (χ4v) is 1.76. The smallest absolute Gasteiger partial charge is 0.183 e. The summed E-state index contributed by atoms with van der Waals surface area (Å²) in [7, 11) is 0. The molecule has 1 aliphatic heterocycles. The van der Waals surface area contributed by atoms with E-state index >= 15 is 0 Å². The lowest BCUT2D eigenvalue weighted by Gasteiger charge is -2.35. The van der Waals surface area contributed by atoms with Gasteiger partial charge in [-0.25, -0.2) is 0 Å². The Balaban J connectivity index is 1.93. The van der Waals surface area contributed by atoms with E-state index < -0.39 is 24.6 Å². The van der Waals surface area contributed by atoms with E-state index in [1.54, 1.807) is 0 Å². The Kier molecular flexibility index (Phi) is 4.09. The van der Waals surface area contributed by atoms with Gasteiger partial charge in [0.05, 0.1) is 13.2 Å². The molecule has 0 saturated carbocycles. The maximum atomic E-state index is 9.63. The molecule has 0 aliphatic carbocycles. The molecule has 5 heteroatoms. The molecule has 3 N–H and O–H groups in total. The van der Waals surface area contributed by atoms with Crippen LogP contribution in [0.15, 0.2) is 30.3 Å². The van der Waals surface area contributed by atoms with Crippen molar-refractivity contribution in [3.8, 4) is 0 Å². The highest BCUT2D eigenvalue weighted by Crippen LogP contribution is 2.18. The average Bonchev–Trinajstić information content (AvgIpc) is 2.35. The third kappa shape index (κ3) is 3.02. The van der Waals surface area contributed by atoms with Crippen LogP contribution in [-0.4, -0.2) is 46.5 Å². The van der Waals surface area contributed by atoms with E-state index in [2.05, 4.69) is 0 Å². The van der Waals surface area contributed by atoms with E-state index in [1.807, 2.05) is 30.3 Å². The largest absolute Gasteiger partial charge is 0.388 e. The van der Waals surface area contributed by atoms with Crippen LogP contribution in [0.5, 0.6) is 0 Å². The molecule has 1 aliphatic rings. The van der Waals surface area contributed by atoms with Crippen molar-refractivity contribution in [2.75, 3.05) is 6.61 Å². The van der Waals surface area contributed by atoms with Gasteiger partial charge in [-0.2, -0.15) is 0 Å². The maximum absolute atomic E-state index is 9.63. The Morgan fingerprint density at radius 1 is 1.18 bits per heavy atom. The van der Waals surface area contributed by atoms with Gasteiger partial charge in [-0.3, -0.25) is 0 Å². The summed E-state index contributed by atoms with van der Waals surface area (Å²) in [5, 5.41) is 28.5. The first-order valence-electron chi connectivity index (χ1n) is 5.50. The second-order valence-electron chi connectivity index (χ2n) is 4.04. The van der Waals surface area contributed by atoms with Crippen molar-refractivity contribution < 1.29 is 24.8 Å². The zero-order valence-corrected chi connectivity index (χ0v) is 9.27. The van der Waals surface area contributed by atoms with Crippen molar-refractivity contribution in [1.29, 1.82) is 0 Å². The number of hydrogen-bond acceptors (Lipinski definition) is 5. The highest BCUT2D eigenvalue weighted by atomic mass is 16.6. The molecule has 94 valence electrons. The molecule has 17 heavy (non-hydrogen) atoms. The molecule has 0 spiro atoms. The molecule has 0 bridgehead atoms. The summed E-state index contributed by atoms with van der Waals surface area (Å²) in [6.07, 6.45) is -4.31. The Morgan fingerprint density at radius 3 is 2.59 bits per heavy atom. The summed E-state index contributed by atoms with van der Waals surface area (Å²) in [4.78, 5) is 0. The van der Waals surface area contributed by atoms with Gasteiger partial charge in [-0.05, 0) is 5.56 Å². The van der Waals surface area contributed by atoms with Crippen LogP contribution < -0.4 is 0 Å². The molecule has 1 aromatic carbocycles. The molecule has 1 aromatic rings. The van der Waals surface area contributed by atoms with Gasteiger partial charge in [0.2, 0.25) is 0 Å². The highest BCUT2D eigenvalue weighted by molar-refractivity contribution is 5.13. The summed E-state index contributed by atoms with van der Waals surface area (Å²) >= 11 is 0. The molecular weight excluding hydrogens is 224 g/mol. The quantitative estimate of drug-likeness (QED) is 0.672. The number of hydrogen-bond donors (Lipinski definition) is 3. The molecule has 0 unspecified atom stereocenters. The predicted molar refractivity (Wildman–Crippen MR) is 59.0 cm³/mol. The van der Waals surface area contributed by atoms with Gasteiger partial charge in [-0.15, -0.1) is 0 Å². The van der Waals surface area contributed by atoms with Crippen LogP contribution in [0.25, 0.3) is 0 Å². The van der Waals surface area contributed by atoms with Crippen LogP contribution in [0.3, 0.4) is 0 Å². The number of aliphatic hydroxyl groups excluding tert-OH is 3. The van der Waals surface area contributed by atoms with E-state index in [0.29, 0.717) is 0 Å². The van der Waals surface area contributed by atoms with Crippen LogP contribution in [0.4, 0.5) is 0 Å². The standard InChI is InChI=1S/C12H16O5/c13-9-7-17-12(15)10(14)11(9)16-6-8-4-2-1-3-5-8/h1-5,9-15H,6-7H2/t9-,10+,11-,12+/m0/s1.